The van der Waals surface area contributed by atoms with Gasteiger partial charge in [-0.05, 0) is 25.5 Å². The minimum Gasteiger partial charge on any atom is -0.493 e. The number of aryl methyl sites for hydroxylation is 1. The van der Waals surface area contributed by atoms with Crippen LogP contribution in [0.1, 0.15) is 18.1 Å². The molecule has 1 nitrogen and oxygen atoms in total. The number of rotatable bonds is 0. The normalized spacial score (nSPS) is 25.1. The standard InChI is InChI=1S/C11H11BO/c1-8-3-4-9-5-6-11(2,12)13-10(9)7-8/h3-7H,1-2H3. The van der Waals surface area contributed by atoms with E-state index < -0.39 is 5.50 Å². The first kappa shape index (κ1) is 8.42. The Kier molecular flexibility index (Phi) is 1.72. The predicted octanol–water partition coefficient (Wildman–Crippen LogP) is 2.29. The Bertz CT molecular complexity index is 366. The van der Waals surface area contributed by atoms with Crippen molar-refractivity contribution in [2.45, 2.75) is 19.3 Å². The highest BCUT2D eigenvalue weighted by Gasteiger charge is 2.20. The van der Waals surface area contributed by atoms with Gasteiger partial charge >= 0.3 is 0 Å². The van der Waals surface area contributed by atoms with Crippen LogP contribution in [0.2, 0.25) is 0 Å². The highest BCUT2D eigenvalue weighted by molar-refractivity contribution is 6.16. The zero-order valence-electron chi connectivity index (χ0n) is 7.87. The van der Waals surface area contributed by atoms with Gasteiger partial charge in [0.2, 0.25) is 0 Å². The van der Waals surface area contributed by atoms with Crippen LogP contribution in [0.3, 0.4) is 0 Å². The monoisotopic (exact) mass is 170 g/mol. The first-order chi connectivity index (χ1) is 6.07. The lowest BCUT2D eigenvalue weighted by Crippen LogP contribution is -2.31. The van der Waals surface area contributed by atoms with E-state index >= 15 is 0 Å². The summed E-state index contributed by atoms with van der Waals surface area (Å²) < 4.78 is 5.59. The molecule has 0 fully saturated rings. The molecule has 2 heteroatoms. The molecule has 13 heavy (non-hydrogen) atoms. The van der Waals surface area contributed by atoms with Crippen LogP contribution in [0.4, 0.5) is 0 Å². The van der Waals surface area contributed by atoms with Crippen LogP contribution in [-0.2, 0) is 0 Å². The van der Waals surface area contributed by atoms with Gasteiger partial charge < -0.3 is 4.74 Å². The maximum absolute atomic E-state index is 5.83. The molecule has 0 amide bonds. The van der Waals surface area contributed by atoms with E-state index in [1.54, 1.807) is 0 Å². The fourth-order valence-electron chi connectivity index (χ4n) is 1.39. The molecule has 2 radical (unpaired) electrons. The molecule has 0 spiro atoms. The Morgan fingerprint density at radius 2 is 2.15 bits per heavy atom. The predicted molar refractivity (Wildman–Crippen MR) is 55.0 cm³/mol. The Balaban J connectivity index is 2.48. The van der Waals surface area contributed by atoms with Crippen molar-refractivity contribution in [3.05, 3.63) is 35.4 Å². The van der Waals surface area contributed by atoms with Gasteiger partial charge in [-0.3, -0.25) is 0 Å². The molecule has 0 aromatic heterocycles. The molecule has 1 aliphatic heterocycles. The summed E-state index contributed by atoms with van der Waals surface area (Å²) in [6.45, 7) is 3.88. The van der Waals surface area contributed by atoms with Gasteiger partial charge in [-0.1, -0.05) is 24.3 Å². The number of ether oxygens (including phenoxy) is 1. The zero-order valence-corrected chi connectivity index (χ0v) is 7.87. The Morgan fingerprint density at radius 1 is 1.38 bits per heavy atom. The zero-order chi connectivity index (χ0) is 9.47. The van der Waals surface area contributed by atoms with Crippen LogP contribution in [0.5, 0.6) is 5.75 Å². The van der Waals surface area contributed by atoms with Crippen LogP contribution in [0.25, 0.3) is 6.08 Å². The van der Waals surface area contributed by atoms with Crippen LogP contribution < -0.4 is 4.74 Å². The molecule has 0 N–H and O–H groups in total. The molecule has 1 aromatic rings. The first-order valence-electron chi connectivity index (χ1n) is 4.35. The maximum Gasteiger partial charge on any atom is 0.137 e. The minimum absolute atomic E-state index is 0.666. The Morgan fingerprint density at radius 3 is 2.92 bits per heavy atom. The van der Waals surface area contributed by atoms with Crippen molar-refractivity contribution >= 4 is 13.9 Å². The first-order valence-corrected chi connectivity index (χ1v) is 4.35. The van der Waals surface area contributed by atoms with Crippen molar-refractivity contribution in [3.8, 4) is 5.75 Å². The maximum atomic E-state index is 5.83. The third kappa shape index (κ3) is 1.62. The molecule has 1 heterocycles. The van der Waals surface area contributed by atoms with Gasteiger partial charge in [-0.2, -0.15) is 0 Å². The molecule has 0 aliphatic carbocycles. The van der Waals surface area contributed by atoms with E-state index in [-0.39, 0.29) is 0 Å². The molecule has 0 saturated carbocycles. The van der Waals surface area contributed by atoms with Crippen molar-refractivity contribution in [1.82, 2.24) is 0 Å². The molecule has 1 aliphatic rings. The summed E-state index contributed by atoms with van der Waals surface area (Å²) in [4.78, 5) is 0. The Labute approximate surface area is 79.8 Å². The molecular weight excluding hydrogens is 159 g/mol. The van der Waals surface area contributed by atoms with Crippen molar-refractivity contribution < 1.29 is 4.74 Å². The van der Waals surface area contributed by atoms with E-state index in [4.69, 9.17) is 12.6 Å². The van der Waals surface area contributed by atoms with E-state index in [1.807, 2.05) is 38.1 Å². The summed E-state index contributed by atoms with van der Waals surface area (Å²) in [5, 5.41) is 0. The smallest absolute Gasteiger partial charge is 0.137 e. The summed E-state index contributed by atoms with van der Waals surface area (Å²) in [5.74, 6) is 0.868. The van der Waals surface area contributed by atoms with Crippen molar-refractivity contribution in [3.63, 3.8) is 0 Å². The molecule has 1 atom stereocenters. The van der Waals surface area contributed by atoms with E-state index in [9.17, 15) is 0 Å². The van der Waals surface area contributed by atoms with E-state index in [0.29, 0.717) is 0 Å². The van der Waals surface area contributed by atoms with E-state index in [0.717, 1.165) is 11.3 Å². The number of fused-ring (bicyclic) bond motifs is 1. The van der Waals surface area contributed by atoms with Gasteiger partial charge in [0.15, 0.2) is 0 Å². The van der Waals surface area contributed by atoms with Crippen molar-refractivity contribution in [2.75, 3.05) is 0 Å². The highest BCUT2D eigenvalue weighted by Crippen LogP contribution is 2.29. The highest BCUT2D eigenvalue weighted by atomic mass is 16.5. The molecule has 2 rings (SSSR count). The van der Waals surface area contributed by atoms with E-state index in [2.05, 4.69) is 6.07 Å². The molecule has 64 valence electrons. The van der Waals surface area contributed by atoms with Crippen LogP contribution in [0.15, 0.2) is 24.3 Å². The molecule has 0 saturated heterocycles. The summed E-state index contributed by atoms with van der Waals surface area (Å²) in [7, 11) is 5.83. The fraction of sp³-hybridized carbons (Fsp3) is 0.273. The average molecular weight is 170 g/mol. The van der Waals surface area contributed by atoms with Crippen molar-refractivity contribution in [1.29, 1.82) is 0 Å². The second-order valence-electron chi connectivity index (χ2n) is 3.66. The summed E-state index contributed by atoms with van der Waals surface area (Å²) in [5.41, 5.74) is 1.61. The quantitative estimate of drug-likeness (QED) is 0.542. The van der Waals surface area contributed by atoms with Crippen molar-refractivity contribution in [2.24, 2.45) is 0 Å². The third-order valence-electron chi connectivity index (χ3n) is 2.09. The SMILES string of the molecule is [B]C1(C)C=Cc2ccc(C)cc2O1. The van der Waals surface area contributed by atoms with Crippen LogP contribution >= 0.6 is 0 Å². The average Bonchev–Trinajstić information content (AvgIpc) is 2.01. The van der Waals surface area contributed by atoms with Gasteiger partial charge in [-0.25, -0.2) is 0 Å². The second kappa shape index (κ2) is 2.66. The van der Waals surface area contributed by atoms with Gasteiger partial charge in [-0.15, -0.1) is 0 Å². The lowest BCUT2D eigenvalue weighted by molar-refractivity contribution is 0.224. The third-order valence-corrected chi connectivity index (χ3v) is 2.09. The minimum atomic E-state index is -0.666. The topological polar surface area (TPSA) is 9.23 Å². The Hall–Kier alpha value is -1.18. The largest absolute Gasteiger partial charge is 0.493 e. The molecule has 0 bridgehead atoms. The fourth-order valence-corrected chi connectivity index (χ4v) is 1.39. The molecule has 1 aromatic carbocycles. The van der Waals surface area contributed by atoms with Gasteiger partial charge in [0, 0.05) is 5.56 Å². The van der Waals surface area contributed by atoms with Crippen LogP contribution in [-0.4, -0.2) is 13.3 Å². The molecular formula is C11H11BO. The van der Waals surface area contributed by atoms with Gasteiger partial charge in [0.25, 0.3) is 0 Å². The van der Waals surface area contributed by atoms with E-state index in [1.165, 1.54) is 5.56 Å². The lowest BCUT2D eigenvalue weighted by atomic mass is 9.81. The molecule has 1 unspecified atom stereocenters. The summed E-state index contributed by atoms with van der Waals surface area (Å²) in [6, 6.07) is 6.10. The second-order valence-corrected chi connectivity index (χ2v) is 3.66. The van der Waals surface area contributed by atoms with Gasteiger partial charge in [0.1, 0.15) is 13.6 Å². The number of benzene rings is 1. The lowest BCUT2D eigenvalue weighted by Gasteiger charge is -2.28. The number of hydrogen-bond donors (Lipinski definition) is 0. The summed E-state index contributed by atoms with van der Waals surface area (Å²) in [6.07, 6.45) is 3.86. The van der Waals surface area contributed by atoms with Crippen LogP contribution in [0, 0.1) is 6.92 Å². The van der Waals surface area contributed by atoms with Gasteiger partial charge in [0.05, 0.1) is 5.50 Å². The summed E-state index contributed by atoms with van der Waals surface area (Å²) >= 11 is 0. The number of hydrogen-bond acceptors (Lipinski definition) is 1.